The molecule has 2 aliphatic heterocycles. The van der Waals surface area contributed by atoms with Crippen molar-refractivity contribution >= 4 is 41.7 Å². The van der Waals surface area contributed by atoms with Crippen LogP contribution in [0, 0.1) is 0 Å². The van der Waals surface area contributed by atoms with Crippen LogP contribution in [0.2, 0.25) is 0 Å². The summed E-state index contributed by atoms with van der Waals surface area (Å²) in [6, 6.07) is 8.12. The van der Waals surface area contributed by atoms with E-state index in [4.69, 9.17) is 0 Å². The summed E-state index contributed by atoms with van der Waals surface area (Å²) in [7, 11) is 0. The average molecular weight is 356 g/mol. The fourth-order valence-corrected chi connectivity index (χ4v) is 3.90. The maximum atomic E-state index is 12.4. The Hall–Kier alpha value is -1.24. The van der Waals surface area contributed by atoms with Crippen molar-refractivity contribution in [2.24, 2.45) is 0 Å². The van der Waals surface area contributed by atoms with Crippen LogP contribution in [0.1, 0.15) is 13.3 Å². The van der Waals surface area contributed by atoms with Gasteiger partial charge in [0.1, 0.15) is 0 Å². The Morgan fingerprint density at radius 3 is 2.96 bits per heavy atom. The number of rotatable bonds is 3. The number of halogens is 1. The molecule has 1 N–H and O–H groups in total. The first-order valence-corrected chi connectivity index (χ1v) is 8.68. The zero-order valence-corrected chi connectivity index (χ0v) is 14.8. The van der Waals surface area contributed by atoms with Crippen LogP contribution in [0.5, 0.6) is 0 Å². The lowest BCUT2D eigenvalue weighted by Gasteiger charge is -2.35. The van der Waals surface area contributed by atoms with Crippen molar-refractivity contribution in [1.29, 1.82) is 0 Å². The summed E-state index contributed by atoms with van der Waals surface area (Å²) in [5.74, 6) is 0.678. The highest BCUT2D eigenvalue weighted by molar-refractivity contribution is 8.00. The number of amides is 2. The molecular formula is C16H22ClN3O2S. The number of thioether (sulfide) groups is 1. The van der Waals surface area contributed by atoms with E-state index in [1.54, 1.807) is 16.7 Å². The molecule has 0 saturated carbocycles. The van der Waals surface area contributed by atoms with Crippen molar-refractivity contribution in [3.05, 3.63) is 24.3 Å². The van der Waals surface area contributed by atoms with Gasteiger partial charge in [0.05, 0.1) is 11.4 Å². The second-order valence-electron chi connectivity index (χ2n) is 5.69. The summed E-state index contributed by atoms with van der Waals surface area (Å²) in [5, 5.41) is 3.28. The van der Waals surface area contributed by atoms with Crippen LogP contribution < -0.4 is 10.2 Å². The molecule has 0 aliphatic carbocycles. The van der Waals surface area contributed by atoms with E-state index < -0.39 is 0 Å². The second kappa shape index (κ2) is 8.04. The summed E-state index contributed by atoms with van der Waals surface area (Å²) in [6.45, 7) is 4.96. The minimum absolute atomic E-state index is 0. The van der Waals surface area contributed by atoms with Crippen molar-refractivity contribution in [3.63, 3.8) is 0 Å². The highest BCUT2D eigenvalue weighted by atomic mass is 35.5. The van der Waals surface area contributed by atoms with E-state index in [0.29, 0.717) is 18.7 Å². The number of carbonyl (C=O) groups excluding carboxylic acids is 2. The molecule has 2 amide bonds. The number of hydrogen-bond acceptors (Lipinski definition) is 4. The van der Waals surface area contributed by atoms with E-state index in [0.717, 1.165) is 30.2 Å². The molecule has 1 atom stereocenters. The van der Waals surface area contributed by atoms with Gasteiger partial charge in [-0.1, -0.05) is 12.1 Å². The Morgan fingerprint density at radius 2 is 2.17 bits per heavy atom. The number of nitrogens with one attached hydrogen (secondary N) is 1. The first kappa shape index (κ1) is 18.1. The van der Waals surface area contributed by atoms with Gasteiger partial charge in [-0.2, -0.15) is 0 Å². The van der Waals surface area contributed by atoms with Crippen molar-refractivity contribution in [2.45, 2.75) is 24.3 Å². The minimum atomic E-state index is 0. The molecule has 3 rings (SSSR count). The normalized spacial score (nSPS) is 20.7. The van der Waals surface area contributed by atoms with Crippen LogP contribution in [0.3, 0.4) is 0 Å². The predicted octanol–water partition coefficient (Wildman–Crippen LogP) is 1.76. The molecule has 1 saturated heterocycles. The van der Waals surface area contributed by atoms with Gasteiger partial charge in [0.15, 0.2) is 0 Å². The van der Waals surface area contributed by atoms with Crippen molar-refractivity contribution in [3.8, 4) is 0 Å². The minimum Gasteiger partial charge on any atom is -0.337 e. The van der Waals surface area contributed by atoms with E-state index in [2.05, 4.69) is 12.2 Å². The number of hydrogen-bond donors (Lipinski definition) is 1. The Labute approximate surface area is 147 Å². The Morgan fingerprint density at radius 1 is 1.39 bits per heavy atom. The monoisotopic (exact) mass is 355 g/mol. The SMILES string of the molecule is C[C@@H]1CNCCN1C(=O)CCN1C(=O)CSc2ccccc21.Cl. The predicted molar refractivity (Wildman–Crippen MR) is 95.4 cm³/mol. The molecule has 126 valence electrons. The summed E-state index contributed by atoms with van der Waals surface area (Å²) >= 11 is 1.57. The lowest BCUT2D eigenvalue weighted by atomic mass is 10.2. The molecule has 1 fully saturated rings. The van der Waals surface area contributed by atoms with E-state index in [9.17, 15) is 9.59 Å². The quantitative estimate of drug-likeness (QED) is 0.897. The molecule has 0 aromatic heterocycles. The first-order chi connectivity index (χ1) is 10.7. The third-order valence-electron chi connectivity index (χ3n) is 4.18. The van der Waals surface area contributed by atoms with Gasteiger partial charge in [-0.3, -0.25) is 9.59 Å². The number of para-hydroxylation sites is 1. The van der Waals surface area contributed by atoms with Gasteiger partial charge < -0.3 is 15.1 Å². The second-order valence-corrected chi connectivity index (χ2v) is 6.71. The lowest BCUT2D eigenvalue weighted by Crippen LogP contribution is -2.52. The van der Waals surface area contributed by atoms with Gasteiger partial charge in [0.2, 0.25) is 11.8 Å². The number of piperazine rings is 1. The van der Waals surface area contributed by atoms with Gasteiger partial charge in [-0.05, 0) is 19.1 Å². The number of benzene rings is 1. The van der Waals surface area contributed by atoms with E-state index in [1.807, 2.05) is 29.2 Å². The highest BCUT2D eigenvalue weighted by Gasteiger charge is 2.27. The van der Waals surface area contributed by atoms with Crippen LogP contribution in [0.4, 0.5) is 5.69 Å². The van der Waals surface area contributed by atoms with E-state index >= 15 is 0 Å². The molecule has 0 bridgehead atoms. The average Bonchev–Trinajstić information content (AvgIpc) is 2.54. The van der Waals surface area contributed by atoms with Crippen molar-refractivity contribution in [1.82, 2.24) is 10.2 Å². The Bertz CT molecular complexity index is 584. The molecule has 2 aliphatic rings. The molecule has 7 heteroatoms. The van der Waals surface area contributed by atoms with Crippen LogP contribution in [0.15, 0.2) is 29.2 Å². The highest BCUT2D eigenvalue weighted by Crippen LogP contribution is 2.34. The molecular weight excluding hydrogens is 334 g/mol. The topological polar surface area (TPSA) is 52.7 Å². The smallest absolute Gasteiger partial charge is 0.237 e. The fraction of sp³-hybridized carbons (Fsp3) is 0.500. The van der Waals surface area contributed by atoms with Gasteiger partial charge >= 0.3 is 0 Å². The van der Waals surface area contributed by atoms with Gasteiger partial charge in [0.25, 0.3) is 0 Å². The first-order valence-electron chi connectivity index (χ1n) is 7.69. The molecule has 23 heavy (non-hydrogen) atoms. The van der Waals surface area contributed by atoms with E-state index in [-0.39, 0.29) is 30.3 Å². The summed E-state index contributed by atoms with van der Waals surface area (Å²) < 4.78 is 0. The summed E-state index contributed by atoms with van der Waals surface area (Å²) in [4.78, 5) is 29.4. The number of nitrogens with zero attached hydrogens (tertiary/aromatic N) is 2. The fourth-order valence-electron chi connectivity index (χ4n) is 2.96. The third kappa shape index (κ3) is 4.00. The van der Waals surface area contributed by atoms with Gasteiger partial charge in [0, 0.05) is 43.5 Å². The lowest BCUT2D eigenvalue weighted by molar-refractivity contribution is -0.133. The van der Waals surface area contributed by atoms with Crippen LogP contribution in [0.25, 0.3) is 0 Å². The standard InChI is InChI=1S/C16H21N3O2S.ClH/c1-12-10-17-7-9-18(12)15(20)6-8-19-13-4-2-3-5-14(13)22-11-16(19)21;/h2-5,12,17H,6-11H2,1H3;1H/t12-;/m1./s1. The van der Waals surface area contributed by atoms with E-state index in [1.165, 1.54) is 0 Å². The zero-order valence-electron chi connectivity index (χ0n) is 13.2. The van der Waals surface area contributed by atoms with Gasteiger partial charge in [-0.25, -0.2) is 0 Å². The third-order valence-corrected chi connectivity index (χ3v) is 5.23. The van der Waals surface area contributed by atoms with Gasteiger partial charge in [-0.15, -0.1) is 24.2 Å². The molecule has 1 aromatic rings. The zero-order chi connectivity index (χ0) is 15.5. The van der Waals surface area contributed by atoms with Crippen LogP contribution in [-0.4, -0.2) is 54.7 Å². The maximum absolute atomic E-state index is 12.4. The Balaban J connectivity index is 0.00000192. The molecule has 0 spiro atoms. The molecule has 1 aromatic carbocycles. The molecule has 0 unspecified atom stereocenters. The number of anilines is 1. The van der Waals surface area contributed by atoms with Crippen LogP contribution in [-0.2, 0) is 9.59 Å². The number of fused-ring (bicyclic) bond motifs is 1. The molecule has 5 nitrogen and oxygen atoms in total. The Kier molecular flexibility index (Phi) is 6.33. The van der Waals surface area contributed by atoms with Crippen LogP contribution >= 0.6 is 24.2 Å². The molecule has 2 heterocycles. The van der Waals surface area contributed by atoms with Crippen molar-refractivity contribution < 1.29 is 9.59 Å². The summed E-state index contributed by atoms with van der Waals surface area (Å²) in [6.07, 6.45) is 0.384. The summed E-state index contributed by atoms with van der Waals surface area (Å²) in [5.41, 5.74) is 0.935. The molecule has 0 radical (unpaired) electrons. The largest absolute Gasteiger partial charge is 0.337 e. The number of carbonyl (C=O) groups is 2. The maximum Gasteiger partial charge on any atom is 0.237 e. The van der Waals surface area contributed by atoms with Crippen molar-refractivity contribution in [2.75, 3.05) is 36.8 Å².